The largest absolute Gasteiger partial charge is 0.496 e. The number of methoxy groups -OCH3 is 1. The third-order valence-electron chi connectivity index (χ3n) is 3.57. The van der Waals surface area contributed by atoms with Gasteiger partial charge < -0.3 is 10.1 Å². The zero-order valence-corrected chi connectivity index (χ0v) is 15.1. The number of hydrogen-bond acceptors (Lipinski definition) is 5. The van der Waals surface area contributed by atoms with Gasteiger partial charge in [-0.05, 0) is 36.2 Å². The van der Waals surface area contributed by atoms with Crippen molar-refractivity contribution in [3.63, 3.8) is 0 Å². The molecule has 1 amide bonds. The first-order chi connectivity index (χ1) is 12.2. The Bertz CT molecular complexity index is 839. The number of amidine groups is 1. The molecule has 0 saturated carbocycles. The summed E-state index contributed by atoms with van der Waals surface area (Å²) in [6.07, 6.45) is 2.19. The van der Waals surface area contributed by atoms with Crippen LogP contribution in [-0.4, -0.2) is 29.6 Å². The van der Waals surface area contributed by atoms with Gasteiger partial charge in [0, 0.05) is 10.6 Å². The van der Waals surface area contributed by atoms with E-state index in [-0.39, 0.29) is 11.2 Å². The number of carbonyl (C=O) groups excluding carboxylic acids is 1. The molecular weight excluding hydrogens is 358 g/mol. The average Bonchev–Trinajstić information content (AvgIpc) is 2.95. The molecular formula is C18H16ClN3O2S. The molecule has 1 unspecified atom stereocenters. The number of ether oxygens (including phenoxy) is 1. The summed E-state index contributed by atoms with van der Waals surface area (Å²) < 4.78 is 5.25. The molecule has 1 aliphatic heterocycles. The number of amides is 1. The van der Waals surface area contributed by atoms with Crippen LogP contribution in [0.25, 0.3) is 0 Å². The molecule has 1 N–H and O–H groups in total. The molecule has 1 aliphatic rings. The Hall–Kier alpha value is -2.31. The summed E-state index contributed by atoms with van der Waals surface area (Å²) in [5.41, 5.74) is 1.83. The van der Waals surface area contributed by atoms with Crippen LogP contribution in [0.5, 0.6) is 5.75 Å². The maximum atomic E-state index is 12.1. The van der Waals surface area contributed by atoms with Crippen molar-refractivity contribution in [2.45, 2.75) is 11.7 Å². The zero-order valence-electron chi connectivity index (χ0n) is 13.5. The topological polar surface area (TPSA) is 63.1 Å². The second-order valence-electron chi connectivity index (χ2n) is 5.32. The van der Waals surface area contributed by atoms with E-state index in [4.69, 9.17) is 16.3 Å². The average molecular weight is 374 g/mol. The second-order valence-corrected chi connectivity index (χ2v) is 6.95. The molecule has 5 nitrogen and oxygen atoms in total. The van der Waals surface area contributed by atoms with Crippen LogP contribution in [0.3, 0.4) is 0 Å². The van der Waals surface area contributed by atoms with E-state index in [1.54, 1.807) is 13.3 Å². The lowest BCUT2D eigenvalue weighted by molar-refractivity contribution is -0.118. The summed E-state index contributed by atoms with van der Waals surface area (Å²) in [5, 5.41) is 11.8. The van der Waals surface area contributed by atoms with Crippen LogP contribution in [0.4, 0.5) is 0 Å². The normalized spacial score (nSPS) is 18.7. The molecule has 0 aliphatic carbocycles. The third-order valence-corrected chi connectivity index (χ3v) is 4.88. The van der Waals surface area contributed by atoms with Crippen molar-refractivity contribution in [3.05, 3.63) is 64.7 Å². The van der Waals surface area contributed by atoms with Crippen LogP contribution >= 0.6 is 23.4 Å². The molecule has 1 saturated heterocycles. The molecule has 2 aromatic rings. The lowest BCUT2D eigenvalue weighted by Crippen LogP contribution is -2.25. The number of halogens is 1. The fourth-order valence-electron chi connectivity index (χ4n) is 2.38. The van der Waals surface area contributed by atoms with Crippen molar-refractivity contribution in [2.75, 3.05) is 7.11 Å². The van der Waals surface area contributed by atoms with Crippen LogP contribution in [0.15, 0.2) is 58.7 Å². The van der Waals surface area contributed by atoms with Gasteiger partial charge >= 0.3 is 0 Å². The van der Waals surface area contributed by atoms with Gasteiger partial charge in [0.25, 0.3) is 0 Å². The zero-order chi connectivity index (χ0) is 17.6. The highest BCUT2D eigenvalue weighted by molar-refractivity contribution is 8.15. The molecule has 128 valence electrons. The Morgan fingerprint density at radius 3 is 2.92 bits per heavy atom. The molecule has 7 heteroatoms. The number of para-hydroxylation sites is 1. The van der Waals surface area contributed by atoms with Crippen molar-refractivity contribution < 1.29 is 9.53 Å². The Morgan fingerprint density at radius 1 is 1.28 bits per heavy atom. The molecule has 25 heavy (non-hydrogen) atoms. The van der Waals surface area contributed by atoms with Gasteiger partial charge in [0.15, 0.2) is 5.17 Å². The maximum Gasteiger partial charge on any atom is 0.239 e. The Kier molecular flexibility index (Phi) is 5.73. The van der Waals surface area contributed by atoms with Crippen LogP contribution in [0.2, 0.25) is 5.02 Å². The number of rotatable bonds is 5. The van der Waals surface area contributed by atoms with E-state index in [1.807, 2.05) is 48.5 Å². The summed E-state index contributed by atoms with van der Waals surface area (Å²) in [4.78, 5) is 12.1. The smallest absolute Gasteiger partial charge is 0.239 e. The summed E-state index contributed by atoms with van der Waals surface area (Å²) in [5.74, 6) is 0.643. The number of thioether (sulfide) groups is 1. The highest BCUT2D eigenvalue weighted by Crippen LogP contribution is 2.24. The molecule has 3 rings (SSSR count). The second kappa shape index (κ2) is 8.18. The summed E-state index contributed by atoms with van der Waals surface area (Å²) in [7, 11) is 1.60. The first-order valence-electron chi connectivity index (χ1n) is 7.61. The number of benzene rings is 2. The molecule has 1 atom stereocenters. The highest BCUT2D eigenvalue weighted by Gasteiger charge is 2.30. The van der Waals surface area contributed by atoms with Crippen LogP contribution in [-0.2, 0) is 11.2 Å². The van der Waals surface area contributed by atoms with Crippen LogP contribution in [0, 0.1) is 0 Å². The minimum absolute atomic E-state index is 0.0729. The molecule has 0 aromatic heterocycles. The van der Waals surface area contributed by atoms with Crippen LogP contribution < -0.4 is 10.1 Å². The van der Waals surface area contributed by atoms with E-state index in [0.29, 0.717) is 22.4 Å². The van der Waals surface area contributed by atoms with Gasteiger partial charge in [-0.2, -0.15) is 5.10 Å². The number of nitrogens with one attached hydrogen (secondary N) is 1. The standard InChI is InChI=1S/C18H16ClN3O2S/c1-24-15-8-3-2-6-13(15)11-20-22-18-21-17(23)16(25-18)10-12-5-4-7-14(19)9-12/h2-9,11,16H,10H2,1H3,(H,21,22,23). The summed E-state index contributed by atoms with van der Waals surface area (Å²) in [6.45, 7) is 0. The van der Waals surface area contributed by atoms with E-state index >= 15 is 0 Å². The molecule has 1 heterocycles. The van der Waals surface area contributed by atoms with Crippen molar-refractivity contribution in [2.24, 2.45) is 10.2 Å². The van der Waals surface area contributed by atoms with Crippen LogP contribution in [0.1, 0.15) is 11.1 Å². The quantitative estimate of drug-likeness (QED) is 0.644. The van der Waals surface area contributed by atoms with Crippen molar-refractivity contribution in [1.82, 2.24) is 5.32 Å². The fourth-order valence-corrected chi connectivity index (χ4v) is 3.56. The van der Waals surface area contributed by atoms with Gasteiger partial charge in [-0.25, -0.2) is 0 Å². The Labute approximate surface area is 155 Å². The minimum atomic E-state index is -0.237. The molecule has 0 spiro atoms. The molecule has 2 aromatic carbocycles. The van der Waals surface area contributed by atoms with Gasteiger partial charge in [-0.3, -0.25) is 4.79 Å². The molecule has 0 radical (unpaired) electrons. The lowest BCUT2D eigenvalue weighted by atomic mass is 10.1. The minimum Gasteiger partial charge on any atom is -0.496 e. The first kappa shape index (κ1) is 17.5. The van der Waals surface area contributed by atoms with Crippen molar-refractivity contribution in [3.8, 4) is 5.75 Å². The van der Waals surface area contributed by atoms with E-state index in [0.717, 1.165) is 11.1 Å². The predicted molar refractivity (Wildman–Crippen MR) is 103 cm³/mol. The third kappa shape index (κ3) is 4.61. The van der Waals surface area contributed by atoms with Gasteiger partial charge in [0.05, 0.1) is 18.6 Å². The van der Waals surface area contributed by atoms with E-state index < -0.39 is 0 Å². The van der Waals surface area contributed by atoms with Crippen molar-refractivity contribution in [1.29, 1.82) is 0 Å². The lowest BCUT2D eigenvalue weighted by Gasteiger charge is -2.05. The Balaban J connectivity index is 1.65. The fraction of sp³-hybridized carbons (Fsp3) is 0.167. The molecule has 0 bridgehead atoms. The number of hydrogen-bond donors (Lipinski definition) is 1. The highest BCUT2D eigenvalue weighted by atomic mass is 35.5. The summed E-state index contributed by atoms with van der Waals surface area (Å²) in [6, 6.07) is 15.0. The van der Waals surface area contributed by atoms with Gasteiger partial charge in [-0.1, -0.05) is 47.6 Å². The van der Waals surface area contributed by atoms with E-state index in [2.05, 4.69) is 15.5 Å². The maximum absolute atomic E-state index is 12.1. The van der Waals surface area contributed by atoms with Gasteiger partial charge in [0.1, 0.15) is 5.75 Å². The SMILES string of the molecule is COc1ccccc1C=N/N=C1\NC(=O)C(Cc2cccc(Cl)c2)S1. The van der Waals surface area contributed by atoms with E-state index in [1.165, 1.54) is 11.8 Å². The number of carbonyl (C=O) groups is 1. The Morgan fingerprint density at radius 2 is 2.12 bits per heavy atom. The van der Waals surface area contributed by atoms with E-state index in [9.17, 15) is 4.79 Å². The van der Waals surface area contributed by atoms with Gasteiger partial charge in [-0.15, -0.1) is 5.10 Å². The number of nitrogens with zero attached hydrogens (tertiary/aromatic N) is 2. The monoisotopic (exact) mass is 373 g/mol. The van der Waals surface area contributed by atoms with Gasteiger partial charge in [0.2, 0.25) is 5.91 Å². The molecule has 1 fully saturated rings. The van der Waals surface area contributed by atoms with Crippen molar-refractivity contribution >= 4 is 40.7 Å². The predicted octanol–water partition coefficient (Wildman–Crippen LogP) is 3.51. The first-order valence-corrected chi connectivity index (χ1v) is 8.87. The summed E-state index contributed by atoms with van der Waals surface area (Å²) >= 11 is 7.35.